The third-order valence-electron chi connectivity index (χ3n) is 7.75. The van der Waals surface area contributed by atoms with Crippen LogP contribution in [0.3, 0.4) is 0 Å². The molecule has 7 nitrogen and oxygen atoms in total. The molecule has 3 aromatic rings. The van der Waals surface area contributed by atoms with Crippen LogP contribution >= 0.6 is 0 Å². The Labute approximate surface area is 213 Å². The summed E-state index contributed by atoms with van der Waals surface area (Å²) in [6.07, 6.45) is 7.63. The number of carbonyl (C=O) groups excluding carboxylic acids is 1. The molecule has 2 aliphatic rings. The predicted octanol–water partition coefficient (Wildman–Crippen LogP) is 4.32. The van der Waals surface area contributed by atoms with E-state index in [-0.39, 0.29) is 5.97 Å². The number of fused-ring (bicyclic) bond motifs is 1. The molecule has 1 N–H and O–H groups in total. The Balaban J connectivity index is 1.26. The molecule has 0 radical (unpaired) electrons. The van der Waals surface area contributed by atoms with Crippen molar-refractivity contribution in [1.29, 1.82) is 0 Å². The predicted molar refractivity (Wildman–Crippen MR) is 142 cm³/mol. The van der Waals surface area contributed by atoms with Crippen LogP contribution in [-0.4, -0.2) is 70.5 Å². The van der Waals surface area contributed by atoms with E-state index in [0.29, 0.717) is 24.1 Å². The van der Waals surface area contributed by atoms with Gasteiger partial charge in [0.25, 0.3) is 0 Å². The van der Waals surface area contributed by atoms with Gasteiger partial charge in [-0.15, -0.1) is 0 Å². The molecule has 2 aliphatic heterocycles. The molecule has 4 heterocycles. The molecule has 0 unspecified atom stereocenters. The van der Waals surface area contributed by atoms with E-state index in [2.05, 4.69) is 32.7 Å². The third kappa shape index (κ3) is 5.27. The van der Waals surface area contributed by atoms with Crippen molar-refractivity contribution in [2.24, 2.45) is 5.41 Å². The Hall–Kier alpha value is -2.90. The molecule has 1 spiro atoms. The topological polar surface area (TPSA) is 70.8 Å². The fourth-order valence-corrected chi connectivity index (χ4v) is 5.98. The summed E-state index contributed by atoms with van der Waals surface area (Å²) in [5.74, 6) is -0.285. The van der Waals surface area contributed by atoms with E-state index < -0.39 is 5.60 Å². The first-order valence-electron chi connectivity index (χ1n) is 13.1. The quantitative estimate of drug-likeness (QED) is 0.498. The lowest BCUT2D eigenvalue weighted by Crippen LogP contribution is -2.43. The zero-order valence-electron chi connectivity index (χ0n) is 21.7. The van der Waals surface area contributed by atoms with Crippen LogP contribution in [-0.2, 0) is 11.3 Å². The van der Waals surface area contributed by atoms with E-state index >= 15 is 0 Å². The summed E-state index contributed by atoms with van der Waals surface area (Å²) in [4.78, 5) is 21.6. The number of benzene rings is 1. The first kappa shape index (κ1) is 24.8. The summed E-state index contributed by atoms with van der Waals surface area (Å²) in [7, 11) is 0. The van der Waals surface area contributed by atoms with Gasteiger partial charge in [0.1, 0.15) is 5.65 Å². The number of likely N-dealkylation sites (tertiary alicyclic amines) is 1. The van der Waals surface area contributed by atoms with Crippen LogP contribution in [0.25, 0.3) is 11.0 Å². The molecule has 192 valence electrons. The van der Waals surface area contributed by atoms with Crippen molar-refractivity contribution in [3.8, 4) is 0 Å². The molecule has 7 heteroatoms. The number of carbonyl (C=O) groups is 1. The molecule has 0 bridgehead atoms. The Kier molecular flexibility index (Phi) is 6.79. The lowest BCUT2D eigenvalue weighted by Gasteiger charge is -2.41. The molecule has 2 saturated heterocycles. The number of hydrogen-bond donors (Lipinski definition) is 1. The molecular formula is C29H38N4O3. The number of β-amino-alcohol motifs (C(OH)–C–C–N with tert-alkyl or cyclic N) is 1. The molecule has 5 rings (SSSR count). The van der Waals surface area contributed by atoms with Crippen molar-refractivity contribution in [3.63, 3.8) is 0 Å². The minimum Gasteiger partial charge on any atom is -0.462 e. The van der Waals surface area contributed by atoms with Crippen LogP contribution in [0.15, 0.2) is 48.8 Å². The Morgan fingerprint density at radius 1 is 1.08 bits per heavy atom. The van der Waals surface area contributed by atoms with Gasteiger partial charge < -0.3 is 19.3 Å². The zero-order valence-corrected chi connectivity index (χ0v) is 21.7. The number of esters is 1. The van der Waals surface area contributed by atoms with Gasteiger partial charge in [0, 0.05) is 56.2 Å². The van der Waals surface area contributed by atoms with Crippen molar-refractivity contribution >= 4 is 22.7 Å². The van der Waals surface area contributed by atoms with Gasteiger partial charge in [-0.05, 0) is 81.8 Å². The second kappa shape index (κ2) is 9.87. The second-order valence-corrected chi connectivity index (χ2v) is 11.2. The molecule has 0 amide bonds. The first-order valence-corrected chi connectivity index (χ1v) is 13.1. The normalized spacial score (nSPS) is 18.3. The highest BCUT2D eigenvalue weighted by molar-refractivity contribution is 5.90. The molecular weight excluding hydrogens is 452 g/mol. The van der Waals surface area contributed by atoms with Gasteiger partial charge in [0.05, 0.1) is 17.8 Å². The lowest BCUT2D eigenvalue weighted by molar-refractivity contribution is 0.0390. The summed E-state index contributed by atoms with van der Waals surface area (Å²) < 4.78 is 7.26. The molecule has 0 saturated carbocycles. The number of rotatable bonds is 7. The van der Waals surface area contributed by atoms with Gasteiger partial charge in [-0.25, -0.2) is 9.78 Å². The maximum atomic E-state index is 11.9. The van der Waals surface area contributed by atoms with Crippen molar-refractivity contribution in [3.05, 3.63) is 59.9 Å². The lowest BCUT2D eigenvalue weighted by atomic mass is 9.77. The number of piperidine rings is 1. The van der Waals surface area contributed by atoms with Crippen molar-refractivity contribution in [2.45, 2.75) is 52.2 Å². The molecule has 2 fully saturated rings. The van der Waals surface area contributed by atoms with E-state index in [9.17, 15) is 9.90 Å². The fourth-order valence-electron chi connectivity index (χ4n) is 5.98. The molecule has 2 aromatic heterocycles. The van der Waals surface area contributed by atoms with Gasteiger partial charge in [-0.1, -0.05) is 12.1 Å². The van der Waals surface area contributed by atoms with Gasteiger partial charge >= 0.3 is 5.97 Å². The molecule has 36 heavy (non-hydrogen) atoms. The van der Waals surface area contributed by atoms with E-state index in [1.54, 1.807) is 0 Å². The van der Waals surface area contributed by atoms with E-state index in [1.807, 2.05) is 51.2 Å². The van der Waals surface area contributed by atoms with Gasteiger partial charge in [0.2, 0.25) is 0 Å². The largest absolute Gasteiger partial charge is 0.462 e. The minimum atomic E-state index is -0.634. The van der Waals surface area contributed by atoms with Gasteiger partial charge in [-0.3, -0.25) is 4.90 Å². The smallest absolute Gasteiger partial charge is 0.338 e. The number of aliphatic hydroxyl groups is 1. The number of nitrogens with zero attached hydrogens (tertiary/aromatic N) is 4. The average molecular weight is 491 g/mol. The van der Waals surface area contributed by atoms with Crippen LogP contribution in [0.2, 0.25) is 0 Å². The van der Waals surface area contributed by atoms with Crippen molar-refractivity contribution in [1.82, 2.24) is 14.5 Å². The van der Waals surface area contributed by atoms with Crippen molar-refractivity contribution < 1.29 is 14.6 Å². The number of anilines is 1. The van der Waals surface area contributed by atoms with Crippen LogP contribution in [0.4, 0.5) is 5.69 Å². The first-order chi connectivity index (χ1) is 17.3. The van der Waals surface area contributed by atoms with E-state index in [1.165, 1.54) is 30.3 Å². The van der Waals surface area contributed by atoms with Gasteiger partial charge in [0.15, 0.2) is 0 Å². The Bertz CT molecular complexity index is 1200. The van der Waals surface area contributed by atoms with Gasteiger partial charge in [-0.2, -0.15) is 0 Å². The number of aromatic nitrogens is 2. The Morgan fingerprint density at radius 3 is 2.50 bits per heavy atom. The summed E-state index contributed by atoms with van der Waals surface area (Å²) in [5.41, 5.74) is 3.69. The standard InChI is InChI=1S/C29H38N4O3/c1-4-36-27(34)23-7-5-22(6-8-23)19-33-15-10-24-25(9-14-30-26(24)33)32-17-12-29(13-18-32)11-16-31(21-29)20-28(2,3)35/h5-10,14-15,35H,4,11-13,16-21H2,1-3H3. The molecule has 1 aromatic carbocycles. The highest BCUT2D eigenvalue weighted by atomic mass is 16.5. The van der Waals surface area contributed by atoms with Crippen LogP contribution in [0.5, 0.6) is 0 Å². The monoisotopic (exact) mass is 490 g/mol. The van der Waals surface area contributed by atoms with Crippen LogP contribution in [0, 0.1) is 5.41 Å². The SMILES string of the molecule is CCOC(=O)c1ccc(Cn2ccc3c(N4CCC5(CCN(CC(C)(C)O)C5)CC4)ccnc32)cc1. The molecule has 0 atom stereocenters. The Morgan fingerprint density at radius 2 is 1.81 bits per heavy atom. The number of ether oxygens (including phenoxy) is 1. The van der Waals surface area contributed by atoms with E-state index in [0.717, 1.165) is 43.9 Å². The fraction of sp³-hybridized carbons (Fsp3) is 0.517. The highest BCUT2D eigenvalue weighted by Crippen LogP contribution is 2.42. The summed E-state index contributed by atoms with van der Waals surface area (Å²) in [5, 5.41) is 11.4. The highest BCUT2D eigenvalue weighted by Gasteiger charge is 2.41. The second-order valence-electron chi connectivity index (χ2n) is 11.2. The summed E-state index contributed by atoms with van der Waals surface area (Å²) in [6.45, 7) is 11.7. The minimum absolute atomic E-state index is 0.285. The maximum Gasteiger partial charge on any atom is 0.338 e. The average Bonchev–Trinajstić information content (AvgIpc) is 3.43. The van der Waals surface area contributed by atoms with Crippen molar-refractivity contribution in [2.75, 3.05) is 44.2 Å². The number of pyridine rings is 1. The third-order valence-corrected chi connectivity index (χ3v) is 7.75. The zero-order chi connectivity index (χ0) is 25.3. The summed E-state index contributed by atoms with van der Waals surface area (Å²) >= 11 is 0. The maximum absolute atomic E-state index is 11.9. The molecule has 0 aliphatic carbocycles. The summed E-state index contributed by atoms with van der Waals surface area (Å²) in [6, 6.07) is 11.9. The van der Waals surface area contributed by atoms with E-state index in [4.69, 9.17) is 9.72 Å². The van der Waals surface area contributed by atoms with Crippen LogP contribution < -0.4 is 4.90 Å². The van der Waals surface area contributed by atoms with Crippen LogP contribution in [0.1, 0.15) is 56.0 Å². The number of hydrogen-bond acceptors (Lipinski definition) is 6.